The standard InChI is InChI=1S/C20H24ClN3O2.ClH/c1-14(12-22)13-23-19(25)11-18(15-7-3-2-4-8-15)24-20(26)16-9-5-6-10-17(16)21;/h2-10,14,18H,11-13,22H2,1H3,(H,23,25)(H,24,26);1H. The quantitative estimate of drug-likeness (QED) is 0.624. The zero-order valence-electron chi connectivity index (χ0n) is 15.2. The summed E-state index contributed by atoms with van der Waals surface area (Å²) in [5, 5.41) is 6.15. The molecule has 0 aliphatic heterocycles. The second-order valence-corrected chi connectivity index (χ2v) is 6.67. The van der Waals surface area contributed by atoms with Gasteiger partial charge in [-0.05, 0) is 30.2 Å². The van der Waals surface area contributed by atoms with Gasteiger partial charge in [0.05, 0.1) is 23.0 Å². The third-order valence-corrected chi connectivity index (χ3v) is 4.39. The van der Waals surface area contributed by atoms with Crippen LogP contribution in [0.3, 0.4) is 0 Å². The fraction of sp³-hybridized carbons (Fsp3) is 0.300. The molecule has 146 valence electrons. The van der Waals surface area contributed by atoms with Gasteiger partial charge in [-0.25, -0.2) is 0 Å². The van der Waals surface area contributed by atoms with E-state index in [4.69, 9.17) is 17.3 Å². The number of rotatable bonds is 8. The van der Waals surface area contributed by atoms with Crippen LogP contribution < -0.4 is 16.4 Å². The monoisotopic (exact) mass is 409 g/mol. The number of nitrogens with two attached hydrogens (primary N) is 1. The Kier molecular flexibility index (Phi) is 9.86. The molecule has 5 nitrogen and oxygen atoms in total. The average Bonchev–Trinajstić information content (AvgIpc) is 2.66. The number of carbonyl (C=O) groups is 2. The van der Waals surface area contributed by atoms with Gasteiger partial charge in [0, 0.05) is 6.54 Å². The molecule has 2 unspecified atom stereocenters. The van der Waals surface area contributed by atoms with Crippen molar-refractivity contribution in [3.63, 3.8) is 0 Å². The fourth-order valence-corrected chi connectivity index (χ4v) is 2.67. The first-order valence-electron chi connectivity index (χ1n) is 8.58. The molecule has 27 heavy (non-hydrogen) atoms. The first kappa shape index (κ1) is 23.0. The van der Waals surface area contributed by atoms with Crippen LogP contribution in [-0.2, 0) is 4.79 Å². The Bertz CT molecular complexity index is 741. The second kappa shape index (κ2) is 11.6. The molecule has 0 aliphatic carbocycles. The van der Waals surface area contributed by atoms with Crippen LogP contribution in [-0.4, -0.2) is 24.9 Å². The number of hydrogen-bond donors (Lipinski definition) is 3. The second-order valence-electron chi connectivity index (χ2n) is 6.27. The van der Waals surface area contributed by atoms with Crippen LogP contribution in [0.25, 0.3) is 0 Å². The Hall–Kier alpha value is -2.08. The van der Waals surface area contributed by atoms with Gasteiger partial charge in [-0.2, -0.15) is 0 Å². The van der Waals surface area contributed by atoms with E-state index in [0.717, 1.165) is 5.56 Å². The summed E-state index contributed by atoms with van der Waals surface area (Å²) in [5.41, 5.74) is 6.81. The Labute approximate surface area is 171 Å². The smallest absolute Gasteiger partial charge is 0.253 e. The molecule has 0 spiro atoms. The topological polar surface area (TPSA) is 84.2 Å². The van der Waals surface area contributed by atoms with Gasteiger partial charge in [-0.3, -0.25) is 9.59 Å². The zero-order chi connectivity index (χ0) is 18.9. The van der Waals surface area contributed by atoms with E-state index in [0.29, 0.717) is 23.7 Å². The number of amides is 2. The molecule has 2 aromatic carbocycles. The summed E-state index contributed by atoms with van der Waals surface area (Å²) in [4.78, 5) is 24.9. The summed E-state index contributed by atoms with van der Waals surface area (Å²) in [7, 11) is 0. The minimum absolute atomic E-state index is 0. The lowest BCUT2D eigenvalue weighted by Crippen LogP contribution is -2.36. The highest BCUT2D eigenvalue weighted by atomic mass is 35.5. The molecule has 2 amide bonds. The van der Waals surface area contributed by atoms with Gasteiger partial charge in [-0.1, -0.05) is 61.0 Å². The highest BCUT2D eigenvalue weighted by Crippen LogP contribution is 2.20. The van der Waals surface area contributed by atoms with Gasteiger partial charge in [0.2, 0.25) is 5.91 Å². The number of carbonyl (C=O) groups excluding carboxylic acids is 2. The molecular formula is C20H25Cl2N3O2. The molecule has 0 saturated heterocycles. The van der Waals surface area contributed by atoms with Crippen molar-refractivity contribution < 1.29 is 9.59 Å². The van der Waals surface area contributed by atoms with Crippen molar-refractivity contribution in [1.29, 1.82) is 0 Å². The van der Waals surface area contributed by atoms with E-state index in [1.54, 1.807) is 24.3 Å². The summed E-state index contributed by atoms with van der Waals surface area (Å²) < 4.78 is 0. The molecule has 2 atom stereocenters. The van der Waals surface area contributed by atoms with Gasteiger partial charge in [0.1, 0.15) is 0 Å². The first-order chi connectivity index (χ1) is 12.5. The molecule has 0 radical (unpaired) electrons. The van der Waals surface area contributed by atoms with E-state index in [9.17, 15) is 9.59 Å². The van der Waals surface area contributed by atoms with E-state index in [2.05, 4.69) is 10.6 Å². The van der Waals surface area contributed by atoms with Crippen LogP contribution in [0, 0.1) is 5.92 Å². The van der Waals surface area contributed by atoms with E-state index >= 15 is 0 Å². The van der Waals surface area contributed by atoms with Crippen LogP contribution >= 0.6 is 24.0 Å². The van der Waals surface area contributed by atoms with E-state index in [-0.39, 0.29) is 36.6 Å². The number of halogens is 2. The Morgan fingerprint density at radius 1 is 1.07 bits per heavy atom. The molecule has 7 heteroatoms. The Balaban J connectivity index is 0.00000364. The highest BCUT2D eigenvalue weighted by molar-refractivity contribution is 6.33. The van der Waals surface area contributed by atoms with Crippen LogP contribution in [0.1, 0.15) is 35.3 Å². The third-order valence-electron chi connectivity index (χ3n) is 4.07. The van der Waals surface area contributed by atoms with Crippen molar-refractivity contribution >= 4 is 35.8 Å². The Morgan fingerprint density at radius 2 is 1.70 bits per heavy atom. The molecule has 0 aliphatic rings. The minimum Gasteiger partial charge on any atom is -0.356 e. The molecule has 2 aromatic rings. The van der Waals surface area contributed by atoms with Crippen molar-refractivity contribution in [2.24, 2.45) is 11.7 Å². The van der Waals surface area contributed by atoms with Gasteiger partial charge in [0.15, 0.2) is 0 Å². The molecule has 0 aromatic heterocycles. The molecule has 2 rings (SSSR count). The van der Waals surface area contributed by atoms with Crippen molar-refractivity contribution in [3.05, 3.63) is 70.7 Å². The van der Waals surface area contributed by atoms with Crippen LogP contribution in [0.2, 0.25) is 5.02 Å². The van der Waals surface area contributed by atoms with Crippen molar-refractivity contribution in [1.82, 2.24) is 10.6 Å². The maximum Gasteiger partial charge on any atom is 0.253 e. The van der Waals surface area contributed by atoms with Crippen LogP contribution in [0.5, 0.6) is 0 Å². The minimum atomic E-state index is -0.451. The summed E-state index contributed by atoms with van der Waals surface area (Å²) in [6.45, 7) is 2.98. The van der Waals surface area contributed by atoms with Gasteiger partial charge in [0.25, 0.3) is 5.91 Å². The summed E-state index contributed by atoms with van der Waals surface area (Å²) in [6, 6.07) is 15.8. The zero-order valence-corrected chi connectivity index (χ0v) is 16.7. The third kappa shape index (κ3) is 7.21. The highest BCUT2D eigenvalue weighted by Gasteiger charge is 2.20. The molecule has 0 saturated carbocycles. The summed E-state index contributed by atoms with van der Waals surface area (Å²) >= 11 is 6.10. The van der Waals surface area contributed by atoms with Crippen molar-refractivity contribution in [3.8, 4) is 0 Å². The fourth-order valence-electron chi connectivity index (χ4n) is 2.45. The lowest BCUT2D eigenvalue weighted by molar-refractivity contribution is -0.121. The SMILES string of the molecule is CC(CN)CNC(=O)CC(NC(=O)c1ccccc1Cl)c1ccccc1.Cl. The van der Waals surface area contributed by atoms with E-state index < -0.39 is 6.04 Å². The first-order valence-corrected chi connectivity index (χ1v) is 8.96. The predicted molar refractivity (Wildman–Crippen MR) is 111 cm³/mol. The predicted octanol–water partition coefficient (Wildman–Crippen LogP) is 3.33. The maximum atomic E-state index is 12.6. The van der Waals surface area contributed by atoms with Crippen molar-refractivity contribution in [2.45, 2.75) is 19.4 Å². The largest absolute Gasteiger partial charge is 0.356 e. The number of hydrogen-bond acceptors (Lipinski definition) is 3. The number of benzene rings is 2. The van der Waals surface area contributed by atoms with E-state index in [1.165, 1.54) is 0 Å². The Morgan fingerprint density at radius 3 is 2.33 bits per heavy atom. The lowest BCUT2D eigenvalue weighted by Gasteiger charge is -2.20. The van der Waals surface area contributed by atoms with Gasteiger partial charge < -0.3 is 16.4 Å². The molecule has 0 fully saturated rings. The summed E-state index contributed by atoms with van der Waals surface area (Å²) in [6.07, 6.45) is 0.136. The molecule has 0 heterocycles. The van der Waals surface area contributed by atoms with Crippen LogP contribution in [0.4, 0.5) is 0 Å². The van der Waals surface area contributed by atoms with Gasteiger partial charge >= 0.3 is 0 Å². The van der Waals surface area contributed by atoms with E-state index in [1.807, 2.05) is 37.3 Å². The lowest BCUT2D eigenvalue weighted by atomic mass is 10.0. The summed E-state index contributed by atoms with van der Waals surface area (Å²) in [5.74, 6) is -0.252. The number of nitrogens with one attached hydrogen (secondary N) is 2. The van der Waals surface area contributed by atoms with Crippen molar-refractivity contribution in [2.75, 3.05) is 13.1 Å². The molecule has 4 N–H and O–H groups in total. The normalized spacial score (nSPS) is 12.4. The average molecular weight is 410 g/mol. The molecule has 0 bridgehead atoms. The maximum absolute atomic E-state index is 12.6. The van der Waals surface area contributed by atoms with Gasteiger partial charge in [-0.15, -0.1) is 12.4 Å². The van der Waals surface area contributed by atoms with Crippen LogP contribution in [0.15, 0.2) is 54.6 Å². The molecular weight excluding hydrogens is 385 g/mol.